The van der Waals surface area contributed by atoms with Crippen molar-refractivity contribution in [1.82, 2.24) is 10.0 Å². The van der Waals surface area contributed by atoms with E-state index in [4.69, 9.17) is 21.0 Å². The van der Waals surface area contributed by atoms with Crippen LogP contribution < -0.4 is 21.1 Å². The van der Waals surface area contributed by atoms with E-state index in [1.807, 2.05) is 4.90 Å². The summed E-state index contributed by atoms with van der Waals surface area (Å²) in [6.07, 6.45) is 1.60. The van der Waals surface area contributed by atoms with Crippen LogP contribution in [0.3, 0.4) is 0 Å². The fourth-order valence-corrected chi connectivity index (χ4v) is 2.49. The molecule has 0 aromatic carbocycles. The summed E-state index contributed by atoms with van der Waals surface area (Å²) in [7, 11) is 4.53. The maximum absolute atomic E-state index is 12.3. The molecule has 2 heterocycles. The molecule has 8 heteroatoms. The third kappa shape index (κ3) is 2.80. The molecule has 0 aliphatic carbocycles. The number of pyridine rings is 1. The standard InChI is InChI=1S/C13H21N5O3/c1-17(21-3)13(19)10-5-4-6-18(10)11-8(14)7-9(15)12(16-11)20-2/h7,10H,4-6,14-15H2,1-3H3. The first-order chi connectivity index (χ1) is 9.99. The van der Waals surface area contributed by atoms with Crippen molar-refractivity contribution >= 4 is 23.1 Å². The Kier molecular flexibility index (Phi) is 4.37. The number of amides is 1. The highest BCUT2D eigenvalue weighted by molar-refractivity contribution is 5.86. The van der Waals surface area contributed by atoms with Crippen molar-refractivity contribution in [2.45, 2.75) is 18.9 Å². The first-order valence-corrected chi connectivity index (χ1v) is 6.68. The molecule has 1 fully saturated rings. The maximum atomic E-state index is 12.3. The summed E-state index contributed by atoms with van der Waals surface area (Å²) < 4.78 is 5.13. The van der Waals surface area contributed by atoms with Gasteiger partial charge in [-0.2, -0.15) is 4.98 Å². The van der Waals surface area contributed by atoms with E-state index >= 15 is 0 Å². The van der Waals surface area contributed by atoms with Crippen LogP contribution in [0.1, 0.15) is 12.8 Å². The maximum Gasteiger partial charge on any atom is 0.268 e. The molecule has 1 unspecified atom stereocenters. The van der Waals surface area contributed by atoms with Gasteiger partial charge in [-0.15, -0.1) is 0 Å². The Hall–Kier alpha value is -2.22. The van der Waals surface area contributed by atoms with Gasteiger partial charge >= 0.3 is 0 Å². The Balaban J connectivity index is 2.34. The number of anilines is 3. The van der Waals surface area contributed by atoms with Crippen molar-refractivity contribution in [3.05, 3.63) is 6.07 Å². The van der Waals surface area contributed by atoms with Gasteiger partial charge in [0.1, 0.15) is 6.04 Å². The Morgan fingerprint density at radius 1 is 1.43 bits per heavy atom. The molecule has 1 amide bonds. The van der Waals surface area contributed by atoms with Gasteiger partial charge in [-0.3, -0.25) is 9.63 Å². The number of aromatic nitrogens is 1. The van der Waals surface area contributed by atoms with Gasteiger partial charge in [0.2, 0.25) is 5.88 Å². The van der Waals surface area contributed by atoms with E-state index < -0.39 is 0 Å². The van der Waals surface area contributed by atoms with Gasteiger partial charge in [-0.1, -0.05) is 0 Å². The first kappa shape index (κ1) is 15.2. The van der Waals surface area contributed by atoms with Crippen molar-refractivity contribution in [2.24, 2.45) is 0 Å². The lowest BCUT2D eigenvalue weighted by Crippen LogP contribution is -2.44. The van der Waals surface area contributed by atoms with Crippen LogP contribution in [0.5, 0.6) is 5.88 Å². The van der Waals surface area contributed by atoms with Gasteiger partial charge in [0.05, 0.1) is 25.6 Å². The molecular formula is C13H21N5O3. The lowest BCUT2D eigenvalue weighted by Gasteiger charge is -2.28. The minimum atomic E-state index is -0.349. The number of hydrogen-bond donors (Lipinski definition) is 2. The number of carbonyl (C=O) groups excluding carboxylic acids is 1. The Morgan fingerprint density at radius 3 is 2.76 bits per heavy atom. The van der Waals surface area contributed by atoms with Gasteiger partial charge in [0.25, 0.3) is 5.91 Å². The van der Waals surface area contributed by atoms with Crippen LogP contribution in [0, 0.1) is 0 Å². The van der Waals surface area contributed by atoms with Crippen LogP contribution in [0.25, 0.3) is 0 Å². The monoisotopic (exact) mass is 295 g/mol. The van der Waals surface area contributed by atoms with E-state index in [9.17, 15) is 4.79 Å². The molecule has 0 spiro atoms. The number of methoxy groups -OCH3 is 1. The number of hydroxylamine groups is 2. The largest absolute Gasteiger partial charge is 0.479 e. The molecule has 1 aromatic heterocycles. The molecule has 0 bridgehead atoms. The number of rotatable bonds is 4. The molecule has 1 aliphatic heterocycles. The molecule has 0 saturated carbocycles. The Labute approximate surface area is 123 Å². The number of carbonyl (C=O) groups is 1. The minimum Gasteiger partial charge on any atom is -0.479 e. The molecule has 1 aliphatic rings. The van der Waals surface area contributed by atoms with E-state index in [1.54, 1.807) is 13.1 Å². The van der Waals surface area contributed by atoms with Crippen LogP contribution in [-0.4, -0.2) is 49.8 Å². The minimum absolute atomic E-state index is 0.132. The fraction of sp³-hybridized carbons (Fsp3) is 0.538. The van der Waals surface area contributed by atoms with E-state index in [0.717, 1.165) is 12.8 Å². The molecule has 1 aromatic rings. The number of nitrogens with two attached hydrogens (primary N) is 2. The second-order valence-corrected chi connectivity index (χ2v) is 4.87. The Morgan fingerprint density at radius 2 is 2.14 bits per heavy atom. The average molecular weight is 295 g/mol. The fourth-order valence-electron chi connectivity index (χ4n) is 2.49. The highest BCUT2D eigenvalue weighted by Gasteiger charge is 2.35. The van der Waals surface area contributed by atoms with E-state index in [-0.39, 0.29) is 11.9 Å². The zero-order valence-electron chi connectivity index (χ0n) is 12.5. The van der Waals surface area contributed by atoms with Crippen LogP contribution in [0.4, 0.5) is 17.2 Å². The second-order valence-electron chi connectivity index (χ2n) is 4.87. The molecular weight excluding hydrogens is 274 g/mol. The summed E-state index contributed by atoms with van der Waals surface area (Å²) >= 11 is 0. The lowest BCUT2D eigenvalue weighted by molar-refractivity contribution is -0.169. The third-order valence-corrected chi connectivity index (χ3v) is 3.61. The van der Waals surface area contributed by atoms with Crippen molar-refractivity contribution in [1.29, 1.82) is 0 Å². The highest BCUT2D eigenvalue weighted by Crippen LogP contribution is 2.34. The summed E-state index contributed by atoms with van der Waals surface area (Å²) in [5.41, 5.74) is 12.6. The number of likely N-dealkylation sites (N-methyl/N-ethyl adjacent to an activating group) is 1. The third-order valence-electron chi connectivity index (χ3n) is 3.61. The van der Waals surface area contributed by atoms with Gasteiger partial charge in [0, 0.05) is 13.6 Å². The van der Waals surface area contributed by atoms with E-state index in [1.165, 1.54) is 19.3 Å². The van der Waals surface area contributed by atoms with E-state index in [0.29, 0.717) is 29.6 Å². The molecule has 1 saturated heterocycles. The van der Waals surface area contributed by atoms with Crippen LogP contribution in [0.2, 0.25) is 0 Å². The molecule has 0 radical (unpaired) electrons. The second kappa shape index (κ2) is 6.04. The molecule has 116 valence electrons. The van der Waals surface area contributed by atoms with Gasteiger partial charge < -0.3 is 21.1 Å². The summed E-state index contributed by atoms with van der Waals surface area (Å²) in [6.45, 7) is 0.693. The van der Waals surface area contributed by atoms with Crippen molar-refractivity contribution in [3.8, 4) is 5.88 Å². The summed E-state index contributed by atoms with van der Waals surface area (Å²) in [6, 6.07) is 1.25. The van der Waals surface area contributed by atoms with Gasteiger partial charge in [0.15, 0.2) is 5.82 Å². The van der Waals surface area contributed by atoms with E-state index in [2.05, 4.69) is 4.98 Å². The number of hydrogen-bond acceptors (Lipinski definition) is 7. The van der Waals surface area contributed by atoms with Crippen molar-refractivity contribution in [3.63, 3.8) is 0 Å². The van der Waals surface area contributed by atoms with Crippen LogP contribution in [-0.2, 0) is 9.63 Å². The number of ether oxygens (including phenoxy) is 1. The van der Waals surface area contributed by atoms with Crippen molar-refractivity contribution < 1.29 is 14.4 Å². The van der Waals surface area contributed by atoms with Crippen molar-refractivity contribution in [2.75, 3.05) is 44.2 Å². The molecule has 8 nitrogen and oxygen atoms in total. The topological polar surface area (TPSA) is 107 Å². The summed E-state index contributed by atoms with van der Waals surface area (Å²) in [4.78, 5) is 23.5. The smallest absolute Gasteiger partial charge is 0.268 e. The number of nitrogen functional groups attached to an aromatic ring is 2. The SMILES string of the molecule is COc1nc(N2CCCC2C(=O)N(C)OC)c(N)cc1N. The highest BCUT2D eigenvalue weighted by atomic mass is 16.7. The molecule has 21 heavy (non-hydrogen) atoms. The van der Waals surface area contributed by atoms with Gasteiger partial charge in [-0.05, 0) is 18.9 Å². The van der Waals surface area contributed by atoms with Crippen LogP contribution in [0.15, 0.2) is 6.07 Å². The quantitative estimate of drug-likeness (QED) is 0.766. The number of nitrogens with zero attached hydrogens (tertiary/aromatic N) is 3. The Bertz CT molecular complexity index is 537. The predicted octanol–water partition coefficient (Wildman–Crippen LogP) is 0.243. The lowest BCUT2D eigenvalue weighted by atomic mass is 10.2. The summed E-state index contributed by atoms with van der Waals surface area (Å²) in [5.74, 6) is 0.686. The molecule has 2 rings (SSSR count). The predicted molar refractivity (Wildman–Crippen MR) is 79.8 cm³/mol. The zero-order chi connectivity index (χ0) is 15.6. The average Bonchev–Trinajstić information content (AvgIpc) is 2.95. The molecule has 1 atom stereocenters. The molecule has 4 N–H and O–H groups in total. The summed E-state index contributed by atoms with van der Waals surface area (Å²) in [5, 5.41) is 1.22. The normalized spacial score (nSPS) is 17.9. The zero-order valence-corrected chi connectivity index (χ0v) is 12.5. The van der Waals surface area contributed by atoms with Crippen LogP contribution >= 0.6 is 0 Å². The first-order valence-electron chi connectivity index (χ1n) is 6.68. The van der Waals surface area contributed by atoms with Gasteiger partial charge in [-0.25, -0.2) is 5.06 Å².